The van der Waals surface area contributed by atoms with Crippen molar-refractivity contribution in [2.45, 2.75) is 20.1 Å². The van der Waals surface area contributed by atoms with Crippen LogP contribution in [-0.2, 0) is 20.2 Å². The van der Waals surface area contributed by atoms with Crippen LogP contribution in [0.2, 0.25) is 5.02 Å². The van der Waals surface area contributed by atoms with E-state index < -0.39 is 0 Å². The molecule has 0 aliphatic heterocycles. The predicted octanol–water partition coefficient (Wildman–Crippen LogP) is 2.88. The molecule has 0 radical (unpaired) electrons. The zero-order valence-electron chi connectivity index (χ0n) is 11.5. The maximum Gasteiger partial charge on any atom is 0.0865 e. The van der Waals surface area contributed by atoms with E-state index in [0.29, 0.717) is 11.6 Å². The molecule has 3 aromatic rings. The third kappa shape index (κ3) is 2.01. The van der Waals surface area contributed by atoms with Crippen molar-refractivity contribution in [3.05, 3.63) is 52.4 Å². The van der Waals surface area contributed by atoms with Gasteiger partial charge in [0.1, 0.15) is 0 Å². The number of hydrogen-bond donors (Lipinski definition) is 1. The summed E-state index contributed by atoms with van der Waals surface area (Å²) in [7, 11) is 1.90. The van der Waals surface area contributed by atoms with Crippen LogP contribution < -0.4 is 0 Å². The second kappa shape index (κ2) is 4.96. The quantitative estimate of drug-likeness (QED) is 0.806. The number of aryl methyl sites for hydroxylation is 2. The monoisotopic (exact) mass is 289 g/mol. The molecule has 104 valence electrons. The Kier molecular flexibility index (Phi) is 3.28. The summed E-state index contributed by atoms with van der Waals surface area (Å²) in [5.74, 6) is 0. The molecule has 1 N–H and O–H groups in total. The molecule has 3 rings (SSSR count). The van der Waals surface area contributed by atoms with Gasteiger partial charge in [0.05, 0.1) is 29.6 Å². The highest BCUT2D eigenvalue weighted by atomic mass is 35.5. The minimum absolute atomic E-state index is 0.0485. The second-order valence-corrected chi connectivity index (χ2v) is 5.30. The molecular weight excluding hydrogens is 274 g/mol. The average molecular weight is 290 g/mol. The molecule has 4 nitrogen and oxygen atoms in total. The van der Waals surface area contributed by atoms with Gasteiger partial charge in [-0.05, 0) is 24.6 Å². The molecule has 0 unspecified atom stereocenters. The second-order valence-electron chi connectivity index (χ2n) is 4.92. The summed E-state index contributed by atoms with van der Waals surface area (Å²) in [6.45, 7) is 2.62. The summed E-state index contributed by atoms with van der Waals surface area (Å²) in [6.07, 6.45) is 2.02. The van der Waals surface area contributed by atoms with Crippen LogP contribution >= 0.6 is 11.6 Å². The maximum absolute atomic E-state index is 9.38. The van der Waals surface area contributed by atoms with Crippen LogP contribution in [0.3, 0.4) is 0 Å². The van der Waals surface area contributed by atoms with Crippen molar-refractivity contribution >= 4 is 22.5 Å². The Morgan fingerprint density at radius 2 is 2.10 bits per heavy atom. The minimum Gasteiger partial charge on any atom is -0.392 e. The molecule has 0 saturated heterocycles. The van der Waals surface area contributed by atoms with Crippen molar-refractivity contribution in [3.8, 4) is 0 Å². The molecular formula is C15H16ClN3O. The van der Waals surface area contributed by atoms with Crippen LogP contribution in [0.1, 0.15) is 17.0 Å². The molecule has 0 bridgehead atoms. The first-order valence-electron chi connectivity index (χ1n) is 6.47. The minimum atomic E-state index is 0.0485. The lowest BCUT2D eigenvalue weighted by atomic mass is 10.1. The molecule has 0 fully saturated rings. The molecule has 2 aromatic heterocycles. The highest BCUT2D eigenvalue weighted by molar-refractivity contribution is 6.31. The number of aromatic nitrogens is 3. The third-order valence-corrected chi connectivity index (χ3v) is 4.15. The molecule has 0 amide bonds. The Hall–Kier alpha value is -1.78. The van der Waals surface area contributed by atoms with Gasteiger partial charge in [-0.3, -0.25) is 4.68 Å². The number of hydrogen-bond acceptors (Lipinski definition) is 2. The van der Waals surface area contributed by atoms with Gasteiger partial charge in [-0.1, -0.05) is 23.7 Å². The summed E-state index contributed by atoms with van der Waals surface area (Å²) in [5.41, 5.74) is 3.85. The fourth-order valence-corrected chi connectivity index (χ4v) is 2.80. The predicted molar refractivity (Wildman–Crippen MR) is 79.9 cm³/mol. The SMILES string of the molecule is Cc1nn(C)c(Cn2ccc3c(CO)cccc32)c1Cl. The molecule has 20 heavy (non-hydrogen) atoms. The topological polar surface area (TPSA) is 43.0 Å². The largest absolute Gasteiger partial charge is 0.392 e. The van der Waals surface area contributed by atoms with Gasteiger partial charge < -0.3 is 9.67 Å². The van der Waals surface area contributed by atoms with Crippen LogP contribution in [0.25, 0.3) is 10.9 Å². The molecule has 0 saturated carbocycles. The van der Waals surface area contributed by atoms with Gasteiger partial charge in [0.2, 0.25) is 0 Å². The Bertz CT molecular complexity index is 773. The lowest BCUT2D eigenvalue weighted by Gasteiger charge is -2.07. The van der Waals surface area contributed by atoms with Crippen LogP contribution in [0, 0.1) is 6.92 Å². The first kappa shape index (κ1) is 13.2. The van der Waals surface area contributed by atoms with E-state index >= 15 is 0 Å². The number of rotatable bonds is 3. The molecule has 0 spiro atoms. The van der Waals surface area contributed by atoms with E-state index in [1.165, 1.54) is 0 Å². The Morgan fingerprint density at radius 1 is 1.30 bits per heavy atom. The lowest BCUT2D eigenvalue weighted by molar-refractivity contribution is 0.283. The Balaban J connectivity index is 2.07. The standard InChI is InChI=1S/C15H16ClN3O/c1-10-15(16)14(18(2)17-10)8-19-7-6-12-11(9-20)4-3-5-13(12)19/h3-7,20H,8-9H2,1-2H3. The Morgan fingerprint density at radius 3 is 2.75 bits per heavy atom. The van der Waals surface area contributed by atoms with Gasteiger partial charge in [-0.25, -0.2) is 0 Å². The summed E-state index contributed by atoms with van der Waals surface area (Å²) >= 11 is 6.30. The summed E-state index contributed by atoms with van der Waals surface area (Å²) in [6, 6.07) is 7.97. The van der Waals surface area contributed by atoms with E-state index in [0.717, 1.165) is 27.9 Å². The van der Waals surface area contributed by atoms with Crippen molar-refractivity contribution in [1.29, 1.82) is 0 Å². The van der Waals surface area contributed by atoms with E-state index in [4.69, 9.17) is 11.6 Å². The van der Waals surface area contributed by atoms with Crippen molar-refractivity contribution < 1.29 is 5.11 Å². The van der Waals surface area contributed by atoms with Gasteiger partial charge in [-0.15, -0.1) is 0 Å². The van der Waals surface area contributed by atoms with E-state index in [1.54, 1.807) is 0 Å². The number of aliphatic hydroxyl groups is 1. The number of fused-ring (bicyclic) bond motifs is 1. The molecule has 1 aromatic carbocycles. The number of benzene rings is 1. The molecule has 0 atom stereocenters. The smallest absolute Gasteiger partial charge is 0.0865 e. The van der Waals surface area contributed by atoms with E-state index in [2.05, 4.69) is 9.67 Å². The zero-order chi connectivity index (χ0) is 14.3. The van der Waals surface area contributed by atoms with Crippen molar-refractivity contribution in [2.75, 3.05) is 0 Å². The first-order chi connectivity index (χ1) is 9.61. The van der Waals surface area contributed by atoms with Crippen LogP contribution in [0.4, 0.5) is 0 Å². The number of nitrogens with zero attached hydrogens (tertiary/aromatic N) is 3. The molecule has 0 aliphatic carbocycles. The van der Waals surface area contributed by atoms with Gasteiger partial charge in [0.15, 0.2) is 0 Å². The zero-order valence-corrected chi connectivity index (χ0v) is 12.2. The van der Waals surface area contributed by atoms with Gasteiger partial charge >= 0.3 is 0 Å². The van der Waals surface area contributed by atoms with Crippen LogP contribution in [0.5, 0.6) is 0 Å². The fourth-order valence-electron chi connectivity index (χ4n) is 2.58. The van der Waals surface area contributed by atoms with E-state index in [9.17, 15) is 5.11 Å². The molecule has 5 heteroatoms. The van der Waals surface area contributed by atoms with Crippen LogP contribution in [0.15, 0.2) is 30.5 Å². The Labute approximate surface area is 122 Å². The van der Waals surface area contributed by atoms with Crippen molar-refractivity contribution in [2.24, 2.45) is 7.05 Å². The average Bonchev–Trinajstić information content (AvgIpc) is 2.96. The van der Waals surface area contributed by atoms with Crippen molar-refractivity contribution in [3.63, 3.8) is 0 Å². The molecule has 2 heterocycles. The van der Waals surface area contributed by atoms with Crippen LogP contribution in [-0.4, -0.2) is 19.5 Å². The third-order valence-electron chi connectivity index (χ3n) is 3.66. The summed E-state index contributed by atoms with van der Waals surface area (Å²) in [5, 5.41) is 15.5. The normalized spacial score (nSPS) is 11.4. The molecule has 0 aliphatic rings. The number of halogens is 1. The first-order valence-corrected chi connectivity index (χ1v) is 6.85. The lowest BCUT2D eigenvalue weighted by Crippen LogP contribution is -2.05. The van der Waals surface area contributed by atoms with Crippen molar-refractivity contribution in [1.82, 2.24) is 14.3 Å². The highest BCUT2D eigenvalue weighted by Crippen LogP contribution is 2.24. The number of aliphatic hydroxyl groups excluding tert-OH is 1. The van der Waals surface area contributed by atoms with E-state index in [-0.39, 0.29) is 6.61 Å². The summed E-state index contributed by atoms with van der Waals surface area (Å²) in [4.78, 5) is 0. The maximum atomic E-state index is 9.38. The van der Waals surface area contributed by atoms with E-state index in [1.807, 2.05) is 49.1 Å². The van der Waals surface area contributed by atoms with Gasteiger partial charge in [-0.2, -0.15) is 5.10 Å². The fraction of sp³-hybridized carbons (Fsp3) is 0.267. The van der Waals surface area contributed by atoms with Gasteiger partial charge in [0.25, 0.3) is 0 Å². The van der Waals surface area contributed by atoms with Gasteiger partial charge in [0, 0.05) is 24.1 Å². The highest BCUT2D eigenvalue weighted by Gasteiger charge is 2.13. The summed E-state index contributed by atoms with van der Waals surface area (Å²) < 4.78 is 3.94.